The second-order valence-electron chi connectivity index (χ2n) is 10.6. The summed E-state index contributed by atoms with van der Waals surface area (Å²) >= 11 is 0. The van der Waals surface area contributed by atoms with Crippen molar-refractivity contribution in [2.45, 2.75) is 45.6 Å². The zero-order valence-electron chi connectivity index (χ0n) is 21.8. The molecule has 2 amide bonds. The number of benzene rings is 2. The first-order valence-corrected chi connectivity index (χ1v) is 13.3. The van der Waals surface area contributed by atoms with Crippen LogP contribution in [0, 0.1) is 5.92 Å². The third-order valence-corrected chi connectivity index (χ3v) is 7.43. The number of carbonyl (C=O) groups excluding carboxylic acids is 2. The van der Waals surface area contributed by atoms with Crippen LogP contribution in [0.2, 0.25) is 0 Å². The Kier molecular flexibility index (Phi) is 7.33. The van der Waals surface area contributed by atoms with Gasteiger partial charge in [0.2, 0.25) is 0 Å². The van der Waals surface area contributed by atoms with Crippen LogP contribution in [0.15, 0.2) is 42.5 Å². The topological polar surface area (TPSA) is 115 Å². The lowest BCUT2D eigenvalue weighted by Gasteiger charge is -2.18. The number of carbonyl (C=O) groups is 3. The summed E-state index contributed by atoms with van der Waals surface area (Å²) in [5, 5.41) is 15.9. The van der Waals surface area contributed by atoms with Gasteiger partial charge in [-0.3, -0.25) is 9.59 Å². The van der Waals surface area contributed by atoms with Crippen molar-refractivity contribution in [1.29, 1.82) is 0 Å². The fourth-order valence-corrected chi connectivity index (χ4v) is 5.32. The molecule has 38 heavy (non-hydrogen) atoms. The second kappa shape index (κ2) is 10.8. The first-order valence-electron chi connectivity index (χ1n) is 13.3. The lowest BCUT2D eigenvalue weighted by molar-refractivity contribution is -0.140. The summed E-state index contributed by atoms with van der Waals surface area (Å²) in [6, 6.07) is 12.5. The second-order valence-corrected chi connectivity index (χ2v) is 10.6. The molecule has 3 aromatic rings. The fraction of sp³-hybridized carbons (Fsp3) is 0.367. The van der Waals surface area contributed by atoms with Gasteiger partial charge in [0.05, 0.1) is 5.57 Å². The van der Waals surface area contributed by atoms with Gasteiger partial charge in [-0.15, -0.1) is 0 Å². The van der Waals surface area contributed by atoms with Gasteiger partial charge in [0.25, 0.3) is 11.8 Å². The van der Waals surface area contributed by atoms with Crippen LogP contribution in [-0.2, 0) is 16.0 Å². The van der Waals surface area contributed by atoms with Gasteiger partial charge in [0.15, 0.2) is 0 Å². The quantitative estimate of drug-likeness (QED) is 0.313. The SMILES string of the molecule is CC(C)C(NC(=O)c1ccc2c(c1)NC(=O)C2=Cc1cc2cc(CCCN3CCCC3)ccc2[nH]1)C(=O)O. The van der Waals surface area contributed by atoms with E-state index in [4.69, 9.17) is 0 Å². The Hall–Kier alpha value is -3.91. The van der Waals surface area contributed by atoms with E-state index >= 15 is 0 Å². The fourth-order valence-electron chi connectivity index (χ4n) is 5.32. The average molecular weight is 515 g/mol. The van der Waals surface area contributed by atoms with Crippen molar-refractivity contribution < 1.29 is 19.5 Å². The summed E-state index contributed by atoms with van der Waals surface area (Å²) < 4.78 is 0. The molecule has 1 atom stereocenters. The number of aliphatic carboxylic acids is 1. The molecule has 198 valence electrons. The summed E-state index contributed by atoms with van der Waals surface area (Å²) in [6.45, 7) is 7.07. The molecule has 1 unspecified atom stereocenters. The smallest absolute Gasteiger partial charge is 0.326 e. The Morgan fingerprint density at radius 1 is 1.11 bits per heavy atom. The van der Waals surface area contributed by atoms with Gasteiger partial charge in [-0.2, -0.15) is 0 Å². The third-order valence-electron chi connectivity index (χ3n) is 7.43. The molecule has 8 heteroatoms. The molecule has 0 radical (unpaired) electrons. The Morgan fingerprint density at radius 2 is 1.89 bits per heavy atom. The molecule has 4 N–H and O–H groups in total. The van der Waals surface area contributed by atoms with Crippen molar-refractivity contribution in [3.05, 3.63) is 64.8 Å². The largest absolute Gasteiger partial charge is 0.480 e. The predicted molar refractivity (Wildman–Crippen MR) is 149 cm³/mol. The van der Waals surface area contributed by atoms with E-state index in [9.17, 15) is 19.5 Å². The van der Waals surface area contributed by atoms with Gasteiger partial charge in [-0.1, -0.05) is 26.0 Å². The number of likely N-dealkylation sites (tertiary alicyclic amines) is 1. The molecule has 0 bridgehead atoms. The summed E-state index contributed by atoms with van der Waals surface area (Å²) in [6.07, 6.45) is 6.66. The van der Waals surface area contributed by atoms with E-state index in [0.29, 0.717) is 22.4 Å². The lowest BCUT2D eigenvalue weighted by Crippen LogP contribution is -2.44. The number of carboxylic acid groups (broad SMARTS) is 1. The maximum Gasteiger partial charge on any atom is 0.326 e. The third kappa shape index (κ3) is 5.50. The molecule has 0 spiro atoms. The molecular formula is C30H34N4O4. The zero-order chi connectivity index (χ0) is 26.8. The van der Waals surface area contributed by atoms with E-state index in [-0.39, 0.29) is 11.8 Å². The first-order chi connectivity index (χ1) is 18.3. The predicted octanol–water partition coefficient (Wildman–Crippen LogP) is 4.53. The number of aryl methyl sites for hydroxylation is 1. The number of anilines is 1. The van der Waals surface area contributed by atoms with Gasteiger partial charge < -0.3 is 25.6 Å². The zero-order valence-corrected chi connectivity index (χ0v) is 21.8. The number of amides is 2. The highest BCUT2D eigenvalue weighted by atomic mass is 16.4. The molecule has 0 saturated carbocycles. The number of hydrogen-bond acceptors (Lipinski definition) is 4. The molecule has 2 aromatic carbocycles. The standard InChI is InChI=1S/C30H34N4O4/c1-18(2)27(30(37)38)33-28(35)20-8-9-23-24(29(36)32-26(23)16-20)17-22-15-21-14-19(7-10-25(21)31-22)6-5-13-34-11-3-4-12-34/h7-10,14-18,27,31H,3-6,11-13H2,1-2H3,(H,32,36)(H,33,35)(H,37,38). The number of fused-ring (bicyclic) bond motifs is 2. The van der Waals surface area contributed by atoms with Crippen molar-refractivity contribution >= 4 is 46.0 Å². The Labute approximate surface area is 222 Å². The number of aromatic amines is 1. The van der Waals surface area contributed by atoms with E-state index < -0.39 is 17.9 Å². The van der Waals surface area contributed by atoms with Crippen LogP contribution in [0.25, 0.3) is 22.6 Å². The molecule has 2 aliphatic rings. The minimum atomic E-state index is -1.08. The summed E-state index contributed by atoms with van der Waals surface area (Å²) in [5.74, 6) is -2.08. The van der Waals surface area contributed by atoms with Crippen LogP contribution in [0.5, 0.6) is 0 Å². The van der Waals surface area contributed by atoms with E-state index in [2.05, 4.69) is 44.8 Å². The number of H-pyrrole nitrogens is 1. The molecule has 3 heterocycles. The average Bonchev–Trinajstić information content (AvgIpc) is 3.61. The summed E-state index contributed by atoms with van der Waals surface area (Å²) in [5.41, 5.74) is 5.19. The maximum atomic E-state index is 12.8. The van der Waals surface area contributed by atoms with E-state index in [1.165, 1.54) is 31.5 Å². The van der Waals surface area contributed by atoms with Crippen LogP contribution in [0.3, 0.4) is 0 Å². The van der Waals surface area contributed by atoms with Gasteiger partial charge in [0, 0.05) is 33.4 Å². The van der Waals surface area contributed by atoms with Crippen LogP contribution < -0.4 is 10.6 Å². The van der Waals surface area contributed by atoms with Crippen molar-refractivity contribution in [3.8, 4) is 0 Å². The highest BCUT2D eigenvalue weighted by molar-refractivity contribution is 6.35. The first kappa shape index (κ1) is 25.7. The number of aromatic nitrogens is 1. The Bertz CT molecular complexity index is 1410. The van der Waals surface area contributed by atoms with Crippen molar-refractivity contribution in [3.63, 3.8) is 0 Å². The van der Waals surface area contributed by atoms with Gasteiger partial charge in [-0.25, -0.2) is 4.79 Å². The van der Waals surface area contributed by atoms with Crippen LogP contribution in [-0.4, -0.2) is 58.5 Å². The molecule has 5 rings (SSSR count). The molecule has 1 saturated heterocycles. The Morgan fingerprint density at radius 3 is 2.63 bits per heavy atom. The Balaban J connectivity index is 1.31. The molecular weight excluding hydrogens is 480 g/mol. The van der Waals surface area contributed by atoms with E-state index in [0.717, 1.165) is 36.0 Å². The van der Waals surface area contributed by atoms with Crippen LogP contribution >= 0.6 is 0 Å². The van der Waals surface area contributed by atoms with E-state index in [1.54, 1.807) is 32.0 Å². The maximum absolute atomic E-state index is 12.8. The van der Waals surface area contributed by atoms with Gasteiger partial charge in [0.1, 0.15) is 6.04 Å². The molecule has 0 aliphatic carbocycles. The van der Waals surface area contributed by atoms with Crippen LogP contribution in [0.4, 0.5) is 5.69 Å². The number of rotatable bonds is 9. The molecule has 1 fully saturated rings. The molecule has 2 aliphatic heterocycles. The van der Waals surface area contributed by atoms with Crippen molar-refractivity contribution in [2.24, 2.45) is 5.92 Å². The summed E-state index contributed by atoms with van der Waals surface area (Å²) in [7, 11) is 0. The highest BCUT2D eigenvalue weighted by Gasteiger charge is 2.27. The van der Waals surface area contributed by atoms with Crippen molar-refractivity contribution in [1.82, 2.24) is 15.2 Å². The normalized spacial score (nSPS) is 17.2. The van der Waals surface area contributed by atoms with E-state index in [1.807, 2.05) is 6.08 Å². The summed E-state index contributed by atoms with van der Waals surface area (Å²) in [4.78, 5) is 42.8. The molecule has 1 aromatic heterocycles. The lowest BCUT2D eigenvalue weighted by atomic mass is 10.0. The minimum absolute atomic E-state index is 0.246. The number of hydrogen-bond donors (Lipinski definition) is 4. The number of carboxylic acids is 1. The van der Waals surface area contributed by atoms with Gasteiger partial charge >= 0.3 is 5.97 Å². The monoisotopic (exact) mass is 514 g/mol. The highest BCUT2D eigenvalue weighted by Crippen LogP contribution is 2.34. The number of nitrogens with zero attached hydrogens (tertiary/aromatic N) is 1. The minimum Gasteiger partial charge on any atom is -0.480 e. The van der Waals surface area contributed by atoms with Crippen LogP contribution in [0.1, 0.15) is 60.3 Å². The molecule has 8 nitrogen and oxygen atoms in total. The van der Waals surface area contributed by atoms with Gasteiger partial charge in [-0.05, 0) is 93.2 Å². The number of nitrogens with one attached hydrogen (secondary N) is 3. The van der Waals surface area contributed by atoms with Crippen molar-refractivity contribution in [2.75, 3.05) is 25.0 Å².